The summed E-state index contributed by atoms with van der Waals surface area (Å²) >= 11 is 0. The standard InChI is InChI=1S/C40H69O9P/c1-3-5-7-9-11-13-15-17-19-21-23-25-27-29-33-39(42)47-35-38(36-48-50(44,45)46)49-40(43)34-30-32-37(41)31-28-26-24-22-20-18-16-14-12-10-8-6-4-2/h12,14,18,20,24,26,28,31,38H,3-11,13,15-17,19,21-23,25,27,29-30,32-36H2,1-2H3,(H2,44,45,46)/b14-12-,20-18-,26-24-,31-28+/t38-/m1/s1. The van der Waals surface area contributed by atoms with Crippen molar-refractivity contribution in [1.29, 1.82) is 0 Å². The maximum Gasteiger partial charge on any atom is 0.469 e. The van der Waals surface area contributed by atoms with Crippen molar-refractivity contribution >= 4 is 25.5 Å². The van der Waals surface area contributed by atoms with Gasteiger partial charge in [-0.15, -0.1) is 0 Å². The molecule has 2 N–H and O–H groups in total. The van der Waals surface area contributed by atoms with E-state index in [9.17, 15) is 18.9 Å². The third-order valence-corrected chi connectivity index (χ3v) is 8.56. The fourth-order valence-corrected chi connectivity index (χ4v) is 5.51. The minimum absolute atomic E-state index is 0.0767. The van der Waals surface area contributed by atoms with Crippen LogP contribution in [0.3, 0.4) is 0 Å². The fourth-order valence-electron chi connectivity index (χ4n) is 5.15. The van der Waals surface area contributed by atoms with Gasteiger partial charge in [-0.25, -0.2) is 4.57 Å². The molecule has 0 aromatic carbocycles. The van der Waals surface area contributed by atoms with E-state index >= 15 is 0 Å². The molecule has 0 saturated heterocycles. The molecule has 0 radical (unpaired) electrons. The van der Waals surface area contributed by atoms with E-state index in [-0.39, 0.29) is 38.1 Å². The van der Waals surface area contributed by atoms with Crippen LogP contribution in [-0.2, 0) is 32.9 Å². The van der Waals surface area contributed by atoms with Crippen LogP contribution in [-0.4, -0.2) is 46.8 Å². The number of esters is 2. The molecule has 50 heavy (non-hydrogen) atoms. The van der Waals surface area contributed by atoms with Gasteiger partial charge >= 0.3 is 19.8 Å². The smallest absolute Gasteiger partial charge is 0.462 e. The predicted octanol–water partition coefficient (Wildman–Crippen LogP) is 10.7. The fraction of sp³-hybridized carbons (Fsp3) is 0.725. The normalized spacial score (nSPS) is 12.9. The molecule has 0 saturated carbocycles. The highest BCUT2D eigenvalue weighted by Gasteiger charge is 2.23. The van der Waals surface area contributed by atoms with Crippen LogP contribution in [0.4, 0.5) is 0 Å². The summed E-state index contributed by atoms with van der Waals surface area (Å²) < 4.78 is 26.1. The van der Waals surface area contributed by atoms with Gasteiger partial charge in [-0.3, -0.25) is 18.9 Å². The second-order valence-corrected chi connectivity index (χ2v) is 14.2. The average Bonchev–Trinajstić information content (AvgIpc) is 3.07. The Morgan fingerprint density at radius 2 is 1.10 bits per heavy atom. The molecule has 0 fully saturated rings. The number of phosphoric acid groups is 1. The van der Waals surface area contributed by atoms with Crippen molar-refractivity contribution in [2.45, 2.75) is 174 Å². The lowest BCUT2D eigenvalue weighted by Gasteiger charge is -2.18. The molecule has 1 atom stereocenters. The van der Waals surface area contributed by atoms with Crippen LogP contribution in [0.15, 0.2) is 48.6 Å². The Balaban J connectivity index is 4.17. The van der Waals surface area contributed by atoms with Gasteiger partial charge in [0.1, 0.15) is 6.61 Å². The molecule has 0 aromatic rings. The molecule has 0 aliphatic rings. The quantitative estimate of drug-likeness (QED) is 0.0163. The molecule has 0 aliphatic carbocycles. The van der Waals surface area contributed by atoms with Crippen LogP contribution in [0.2, 0.25) is 0 Å². The lowest BCUT2D eigenvalue weighted by molar-refractivity contribution is -0.161. The van der Waals surface area contributed by atoms with Crippen molar-refractivity contribution in [3.8, 4) is 0 Å². The van der Waals surface area contributed by atoms with E-state index in [0.717, 1.165) is 38.5 Å². The Morgan fingerprint density at radius 3 is 1.70 bits per heavy atom. The van der Waals surface area contributed by atoms with Gasteiger partial charge in [0.15, 0.2) is 11.9 Å². The molecule has 288 valence electrons. The van der Waals surface area contributed by atoms with Crippen molar-refractivity contribution in [1.82, 2.24) is 0 Å². The number of ketones is 1. The molecule has 0 heterocycles. The Labute approximate surface area is 303 Å². The molecule has 0 rings (SSSR count). The Morgan fingerprint density at radius 1 is 0.580 bits per heavy atom. The van der Waals surface area contributed by atoms with Gasteiger partial charge in [0.05, 0.1) is 6.61 Å². The van der Waals surface area contributed by atoms with Crippen LogP contribution < -0.4 is 0 Å². The summed E-state index contributed by atoms with van der Waals surface area (Å²) in [5, 5.41) is 0. The number of carbonyl (C=O) groups is 3. The zero-order valence-electron chi connectivity index (χ0n) is 31.3. The minimum atomic E-state index is -4.82. The molecule has 0 unspecified atom stereocenters. The van der Waals surface area contributed by atoms with Gasteiger partial charge in [-0.05, 0) is 44.6 Å². The van der Waals surface area contributed by atoms with E-state index in [1.165, 1.54) is 89.5 Å². The summed E-state index contributed by atoms with van der Waals surface area (Å²) in [5.41, 5.74) is 0. The highest BCUT2D eigenvalue weighted by Crippen LogP contribution is 2.36. The molecule has 10 heteroatoms. The average molecular weight is 725 g/mol. The third kappa shape index (κ3) is 36.9. The van der Waals surface area contributed by atoms with Crippen molar-refractivity contribution in [2.75, 3.05) is 13.2 Å². The summed E-state index contributed by atoms with van der Waals surface area (Å²) in [5.74, 6) is -1.27. The SMILES string of the molecule is CCCCC/C=C\C/C=C\C/C=C\C=C\C(=O)CCCC(=O)O[C@H](COC(=O)CCCCCCCCCCCCCCCC)COP(=O)(O)O. The highest BCUT2D eigenvalue weighted by molar-refractivity contribution is 7.46. The Bertz CT molecular complexity index is 1010. The lowest BCUT2D eigenvalue weighted by atomic mass is 10.0. The first-order valence-corrected chi connectivity index (χ1v) is 20.9. The largest absolute Gasteiger partial charge is 0.469 e. The van der Waals surface area contributed by atoms with E-state index < -0.39 is 32.5 Å². The van der Waals surface area contributed by atoms with Crippen molar-refractivity contribution < 1.29 is 42.7 Å². The van der Waals surface area contributed by atoms with Gasteiger partial charge in [-0.1, -0.05) is 153 Å². The molecule has 0 bridgehead atoms. The molecule has 0 aromatic heterocycles. The number of hydrogen-bond acceptors (Lipinski definition) is 7. The first kappa shape index (κ1) is 47.7. The zero-order chi connectivity index (χ0) is 37.0. The van der Waals surface area contributed by atoms with Crippen molar-refractivity contribution in [2.24, 2.45) is 0 Å². The first-order valence-electron chi connectivity index (χ1n) is 19.4. The lowest BCUT2D eigenvalue weighted by Crippen LogP contribution is -2.29. The van der Waals surface area contributed by atoms with Gasteiger partial charge in [0.25, 0.3) is 0 Å². The second kappa shape index (κ2) is 35.1. The first-order chi connectivity index (χ1) is 24.2. The van der Waals surface area contributed by atoms with Crippen LogP contribution >= 0.6 is 7.82 Å². The maximum atomic E-state index is 12.3. The second-order valence-electron chi connectivity index (χ2n) is 12.9. The van der Waals surface area contributed by atoms with Crippen LogP contribution in [0, 0.1) is 0 Å². The van der Waals surface area contributed by atoms with Gasteiger partial charge in [0.2, 0.25) is 0 Å². The van der Waals surface area contributed by atoms with Crippen molar-refractivity contribution in [3.05, 3.63) is 48.6 Å². The molecule has 0 amide bonds. The van der Waals surface area contributed by atoms with Gasteiger partial charge in [0, 0.05) is 19.3 Å². The topological polar surface area (TPSA) is 136 Å². The summed E-state index contributed by atoms with van der Waals surface area (Å²) in [6, 6.07) is 0. The minimum Gasteiger partial charge on any atom is -0.462 e. The number of allylic oxidation sites excluding steroid dienone is 8. The molecular formula is C40H69O9P. The monoisotopic (exact) mass is 724 g/mol. The van der Waals surface area contributed by atoms with E-state index in [4.69, 9.17) is 19.3 Å². The molecular weight excluding hydrogens is 655 g/mol. The zero-order valence-corrected chi connectivity index (χ0v) is 32.2. The Kier molecular flexibility index (Phi) is 33.5. The van der Waals surface area contributed by atoms with E-state index in [2.05, 4.69) is 42.7 Å². The number of rotatable bonds is 35. The van der Waals surface area contributed by atoms with E-state index in [1.807, 2.05) is 12.2 Å². The summed E-state index contributed by atoms with van der Waals surface area (Å²) in [6.07, 6.45) is 38.4. The molecule has 9 nitrogen and oxygen atoms in total. The highest BCUT2D eigenvalue weighted by atomic mass is 31.2. The number of unbranched alkanes of at least 4 members (excludes halogenated alkanes) is 16. The summed E-state index contributed by atoms with van der Waals surface area (Å²) in [4.78, 5) is 54.8. The van der Waals surface area contributed by atoms with Crippen molar-refractivity contribution in [3.63, 3.8) is 0 Å². The van der Waals surface area contributed by atoms with Gasteiger partial charge in [-0.2, -0.15) is 0 Å². The molecule has 0 aliphatic heterocycles. The predicted molar refractivity (Wildman–Crippen MR) is 203 cm³/mol. The Hall–Kier alpha value is -2.32. The number of carbonyl (C=O) groups excluding carboxylic acids is 3. The van der Waals surface area contributed by atoms with Gasteiger partial charge < -0.3 is 19.3 Å². The number of ether oxygens (including phenoxy) is 2. The third-order valence-electron chi connectivity index (χ3n) is 8.08. The maximum absolute atomic E-state index is 12.3. The molecule has 0 spiro atoms. The van der Waals surface area contributed by atoms with E-state index in [0.29, 0.717) is 6.42 Å². The van der Waals surface area contributed by atoms with E-state index in [1.54, 1.807) is 6.08 Å². The summed E-state index contributed by atoms with van der Waals surface area (Å²) in [7, 11) is -4.82. The van der Waals surface area contributed by atoms with Crippen LogP contribution in [0.5, 0.6) is 0 Å². The summed E-state index contributed by atoms with van der Waals surface area (Å²) in [6.45, 7) is 3.44. The van der Waals surface area contributed by atoms with Crippen LogP contribution in [0.25, 0.3) is 0 Å². The number of phosphoric ester groups is 1. The van der Waals surface area contributed by atoms with Crippen LogP contribution in [0.1, 0.15) is 168 Å². The number of hydrogen-bond donors (Lipinski definition) is 2.